The van der Waals surface area contributed by atoms with Crippen molar-refractivity contribution in [2.24, 2.45) is 0 Å². The van der Waals surface area contributed by atoms with Gasteiger partial charge in [-0.05, 0) is 48.9 Å². The molecule has 0 amide bonds. The third kappa shape index (κ3) is 4.20. The van der Waals surface area contributed by atoms with Crippen LogP contribution in [0.2, 0.25) is 0 Å². The Morgan fingerprint density at radius 2 is 1.92 bits per heavy atom. The van der Waals surface area contributed by atoms with Gasteiger partial charge < -0.3 is 9.84 Å². The zero-order chi connectivity index (χ0) is 18.4. The molecule has 0 saturated heterocycles. The fourth-order valence-corrected chi connectivity index (χ4v) is 2.18. The lowest BCUT2D eigenvalue weighted by atomic mass is 10.0. The molecule has 0 heterocycles. The van der Waals surface area contributed by atoms with Crippen molar-refractivity contribution in [1.82, 2.24) is 0 Å². The lowest BCUT2D eigenvalue weighted by molar-refractivity contribution is -0.384. The second-order valence-electron chi connectivity index (χ2n) is 4.96. The molecule has 0 fully saturated rings. The van der Waals surface area contributed by atoms with Crippen LogP contribution in [0.5, 0.6) is 5.75 Å². The van der Waals surface area contributed by atoms with Gasteiger partial charge in [-0.25, -0.2) is 4.79 Å². The van der Waals surface area contributed by atoms with Crippen molar-refractivity contribution in [2.75, 3.05) is 6.61 Å². The topological polar surface area (TPSA) is 113 Å². The monoisotopic (exact) mass is 338 g/mol. The summed E-state index contributed by atoms with van der Waals surface area (Å²) < 4.78 is 5.47. The van der Waals surface area contributed by atoms with E-state index in [9.17, 15) is 20.2 Å². The van der Waals surface area contributed by atoms with E-state index >= 15 is 0 Å². The highest BCUT2D eigenvalue weighted by atomic mass is 16.6. The number of nitro benzene ring substituents is 1. The Hall–Kier alpha value is -3.66. The second kappa shape index (κ2) is 7.75. The van der Waals surface area contributed by atoms with Gasteiger partial charge in [0.1, 0.15) is 5.75 Å². The maximum atomic E-state index is 11.2. The summed E-state index contributed by atoms with van der Waals surface area (Å²) >= 11 is 0. The molecule has 0 unspecified atom stereocenters. The van der Waals surface area contributed by atoms with Gasteiger partial charge in [-0.2, -0.15) is 5.26 Å². The number of carboxylic acids is 1. The van der Waals surface area contributed by atoms with Crippen molar-refractivity contribution >= 4 is 23.3 Å². The quantitative estimate of drug-likeness (QED) is 0.371. The van der Waals surface area contributed by atoms with E-state index in [2.05, 4.69) is 0 Å². The standard InChI is InChI=1S/C18H14N2O5/c1-2-25-17-8-5-13(18(21)22)9-14(17)10-15(11-19)12-3-6-16(7-4-12)20(23)24/h3-10H,2H2,1H3,(H,21,22)/b15-10+. The number of allylic oxidation sites excluding steroid dienone is 1. The second-order valence-corrected chi connectivity index (χ2v) is 4.96. The lowest BCUT2D eigenvalue weighted by Crippen LogP contribution is -2.00. The van der Waals surface area contributed by atoms with Crippen LogP contribution in [0.25, 0.3) is 11.6 Å². The number of hydrogen-bond donors (Lipinski definition) is 1. The summed E-state index contributed by atoms with van der Waals surface area (Å²) in [5, 5.41) is 29.3. The Morgan fingerprint density at radius 1 is 1.28 bits per heavy atom. The average Bonchev–Trinajstić information content (AvgIpc) is 2.61. The summed E-state index contributed by atoms with van der Waals surface area (Å²) in [4.78, 5) is 21.3. The number of nitriles is 1. The maximum absolute atomic E-state index is 11.2. The third-order valence-corrected chi connectivity index (χ3v) is 3.37. The molecule has 1 N–H and O–H groups in total. The summed E-state index contributed by atoms with van der Waals surface area (Å²) in [6, 6.07) is 11.9. The molecule has 2 aromatic carbocycles. The fraction of sp³-hybridized carbons (Fsp3) is 0.111. The number of nitro groups is 1. The number of aromatic carboxylic acids is 1. The molecule has 2 aromatic rings. The molecule has 7 nitrogen and oxygen atoms in total. The molecule has 126 valence electrons. The highest BCUT2D eigenvalue weighted by molar-refractivity contribution is 5.93. The van der Waals surface area contributed by atoms with Gasteiger partial charge in [-0.15, -0.1) is 0 Å². The molecule has 0 aliphatic carbocycles. The van der Waals surface area contributed by atoms with E-state index in [1.807, 2.05) is 6.07 Å². The van der Waals surface area contributed by atoms with Crippen LogP contribution in [0, 0.1) is 21.4 Å². The van der Waals surface area contributed by atoms with Crippen molar-refractivity contribution in [1.29, 1.82) is 5.26 Å². The predicted molar refractivity (Wildman–Crippen MR) is 91.2 cm³/mol. The molecule has 0 radical (unpaired) electrons. The van der Waals surface area contributed by atoms with Crippen LogP contribution >= 0.6 is 0 Å². The van der Waals surface area contributed by atoms with E-state index in [4.69, 9.17) is 9.84 Å². The third-order valence-electron chi connectivity index (χ3n) is 3.37. The Bertz CT molecular complexity index is 879. The van der Waals surface area contributed by atoms with Crippen LogP contribution in [0.1, 0.15) is 28.4 Å². The van der Waals surface area contributed by atoms with Gasteiger partial charge in [0.2, 0.25) is 0 Å². The van der Waals surface area contributed by atoms with Crippen LogP contribution < -0.4 is 4.74 Å². The van der Waals surface area contributed by atoms with Gasteiger partial charge in [-0.3, -0.25) is 10.1 Å². The minimum absolute atomic E-state index is 0.0655. The first-order chi connectivity index (χ1) is 12.0. The summed E-state index contributed by atoms with van der Waals surface area (Å²) in [6.45, 7) is 2.17. The largest absolute Gasteiger partial charge is 0.493 e. The van der Waals surface area contributed by atoms with E-state index in [1.54, 1.807) is 6.92 Å². The molecule has 0 saturated carbocycles. The number of non-ortho nitro benzene ring substituents is 1. The predicted octanol–water partition coefficient (Wildman–Crippen LogP) is 3.76. The molecule has 0 bridgehead atoms. The molecule has 0 aromatic heterocycles. The number of benzene rings is 2. The van der Waals surface area contributed by atoms with Crippen LogP contribution in [0.3, 0.4) is 0 Å². The van der Waals surface area contributed by atoms with Gasteiger partial charge >= 0.3 is 5.97 Å². The Labute approximate surface area is 143 Å². The van der Waals surface area contributed by atoms with E-state index < -0.39 is 10.9 Å². The molecule has 7 heteroatoms. The molecule has 2 rings (SSSR count). The SMILES string of the molecule is CCOc1ccc(C(=O)O)cc1/C=C(\C#N)c1ccc([N+](=O)[O-])cc1. The van der Waals surface area contributed by atoms with Crippen LogP contribution in [0.15, 0.2) is 42.5 Å². The highest BCUT2D eigenvalue weighted by Crippen LogP contribution is 2.27. The van der Waals surface area contributed by atoms with Gasteiger partial charge in [0, 0.05) is 17.7 Å². The Balaban J connectivity index is 2.51. The molecule has 25 heavy (non-hydrogen) atoms. The van der Waals surface area contributed by atoms with Crippen molar-refractivity contribution in [3.05, 3.63) is 69.3 Å². The summed E-state index contributed by atoms with van der Waals surface area (Å²) in [6.07, 6.45) is 1.50. The number of hydrogen-bond acceptors (Lipinski definition) is 5. The van der Waals surface area contributed by atoms with Gasteiger partial charge in [0.05, 0.1) is 28.7 Å². The summed E-state index contributed by atoms with van der Waals surface area (Å²) in [5.74, 6) is -0.645. The summed E-state index contributed by atoms with van der Waals surface area (Å²) in [5.41, 5.74) is 1.14. The molecule has 0 aliphatic rings. The van der Waals surface area contributed by atoms with Crippen molar-refractivity contribution in [3.63, 3.8) is 0 Å². The van der Waals surface area contributed by atoms with Crippen molar-refractivity contribution < 1.29 is 19.6 Å². The lowest BCUT2D eigenvalue weighted by Gasteiger charge is -2.09. The van der Waals surface area contributed by atoms with Crippen LogP contribution in [-0.2, 0) is 0 Å². The first-order valence-corrected chi connectivity index (χ1v) is 7.33. The molecular formula is C18H14N2O5. The Kier molecular flexibility index (Phi) is 5.48. The van der Waals surface area contributed by atoms with Crippen LogP contribution in [0.4, 0.5) is 5.69 Å². The van der Waals surface area contributed by atoms with Gasteiger partial charge in [-0.1, -0.05) is 0 Å². The number of nitrogens with zero attached hydrogens (tertiary/aromatic N) is 2. The van der Waals surface area contributed by atoms with E-state index in [-0.39, 0.29) is 16.8 Å². The zero-order valence-electron chi connectivity index (χ0n) is 13.3. The normalized spacial score (nSPS) is 10.8. The van der Waals surface area contributed by atoms with Gasteiger partial charge in [0.25, 0.3) is 5.69 Å². The van der Waals surface area contributed by atoms with E-state index in [0.717, 1.165) is 0 Å². The highest BCUT2D eigenvalue weighted by Gasteiger charge is 2.11. The van der Waals surface area contributed by atoms with Crippen molar-refractivity contribution in [3.8, 4) is 11.8 Å². The first kappa shape index (κ1) is 17.7. The smallest absolute Gasteiger partial charge is 0.335 e. The number of ether oxygens (including phenoxy) is 1. The first-order valence-electron chi connectivity index (χ1n) is 7.33. The number of carboxylic acid groups (broad SMARTS) is 1. The number of carbonyl (C=O) groups is 1. The molecular weight excluding hydrogens is 324 g/mol. The van der Waals surface area contributed by atoms with E-state index in [0.29, 0.717) is 23.5 Å². The van der Waals surface area contributed by atoms with Gasteiger partial charge in [0.15, 0.2) is 0 Å². The molecule has 0 atom stereocenters. The fourth-order valence-electron chi connectivity index (χ4n) is 2.18. The maximum Gasteiger partial charge on any atom is 0.335 e. The molecule has 0 spiro atoms. The summed E-state index contributed by atoms with van der Waals surface area (Å²) in [7, 11) is 0. The van der Waals surface area contributed by atoms with Crippen molar-refractivity contribution in [2.45, 2.75) is 6.92 Å². The minimum atomic E-state index is -1.09. The van der Waals surface area contributed by atoms with Crippen LogP contribution in [-0.4, -0.2) is 22.6 Å². The molecule has 0 aliphatic heterocycles. The Morgan fingerprint density at radius 3 is 2.44 bits per heavy atom. The minimum Gasteiger partial charge on any atom is -0.493 e. The van der Waals surface area contributed by atoms with E-state index in [1.165, 1.54) is 48.5 Å². The number of rotatable bonds is 6. The zero-order valence-corrected chi connectivity index (χ0v) is 13.3. The average molecular weight is 338 g/mol.